The lowest BCUT2D eigenvalue weighted by atomic mass is 9.96. The van der Waals surface area contributed by atoms with Gasteiger partial charge in [-0.3, -0.25) is 0 Å². The van der Waals surface area contributed by atoms with E-state index in [2.05, 4.69) is 235 Å². The molecule has 0 aliphatic rings. The van der Waals surface area contributed by atoms with E-state index in [9.17, 15) is 0 Å². The molecule has 0 bridgehead atoms. The van der Waals surface area contributed by atoms with E-state index in [0.29, 0.717) is 0 Å². The van der Waals surface area contributed by atoms with E-state index >= 15 is 0 Å². The molecule has 292 valence electrons. The largest absolute Gasteiger partial charge is 0.456 e. The van der Waals surface area contributed by atoms with Crippen molar-refractivity contribution in [1.29, 1.82) is 0 Å². The first kappa shape index (κ1) is 36.8. The molecule has 0 saturated carbocycles. The van der Waals surface area contributed by atoms with Gasteiger partial charge in [0, 0.05) is 28.0 Å². The molecule has 0 aliphatic carbocycles. The van der Waals surface area contributed by atoms with Crippen molar-refractivity contribution < 1.29 is 4.42 Å². The standard InChI is InChI=1S/C60H41NO/c1-2-10-42(11-3-1)43-20-22-44(23-21-43)46-28-34-54(35-29-46)61(56-38-32-48(33-39-56)51-15-8-16-52(40-51)60-41-53-13-5-7-19-59(53)62-60)55-36-30-47(31-37-55)45-24-26-50(27-25-45)58-18-9-14-49-12-4-6-17-57(49)58/h1-41H. The summed E-state index contributed by atoms with van der Waals surface area (Å²) in [5, 5.41) is 3.63. The van der Waals surface area contributed by atoms with Crippen molar-refractivity contribution in [3.8, 4) is 67.0 Å². The Morgan fingerprint density at radius 2 is 0.661 bits per heavy atom. The van der Waals surface area contributed by atoms with Gasteiger partial charge in [0.1, 0.15) is 11.3 Å². The zero-order valence-electron chi connectivity index (χ0n) is 34.0. The Morgan fingerprint density at radius 3 is 1.24 bits per heavy atom. The Bertz CT molecular complexity index is 3250. The van der Waals surface area contributed by atoms with Crippen LogP contribution < -0.4 is 4.90 Å². The quantitative estimate of drug-likeness (QED) is 0.145. The Balaban J connectivity index is 0.908. The fourth-order valence-corrected chi connectivity index (χ4v) is 8.64. The molecular weight excluding hydrogens is 751 g/mol. The molecule has 2 heteroatoms. The molecule has 0 amide bonds. The summed E-state index contributed by atoms with van der Waals surface area (Å²) in [5.74, 6) is 0.871. The van der Waals surface area contributed by atoms with Crippen LogP contribution in [0.4, 0.5) is 17.1 Å². The maximum absolute atomic E-state index is 6.22. The van der Waals surface area contributed by atoms with Gasteiger partial charge in [-0.25, -0.2) is 0 Å². The number of hydrogen-bond donors (Lipinski definition) is 0. The van der Waals surface area contributed by atoms with Gasteiger partial charge in [0.25, 0.3) is 0 Å². The molecule has 0 spiro atoms. The van der Waals surface area contributed by atoms with Crippen molar-refractivity contribution in [3.63, 3.8) is 0 Å². The minimum absolute atomic E-state index is 0.871. The van der Waals surface area contributed by atoms with Crippen LogP contribution in [0.5, 0.6) is 0 Å². The summed E-state index contributed by atoms with van der Waals surface area (Å²) in [6.07, 6.45) is 0. The number of furan rings is 1. The maximum Gasteiger partial charge on any atom is 0.135 e. The van der Waals surface area contributed by atoms with E-state index in [1.165, 1.54) is 55.3 Å². The highest BCUT2D eigenvalue weighted by Crippen LogP contribution is 2.39. The van der Waals surface area contributed by atoms with Crippen molar-refractivity contribution in [2.45, 2.75) is 0 Å². The summed E-state index contributed by atoms with van der Waals surface area (Å²) in [4.78, 5) is 2.34. The average Bonchev–Trinajstić information content (AvgIpc) is 3.80. The molecule has 0 unspecified atom stereocenters. The van der Waals surface area contributed by atoms with Gasteiger partial charge in [-0.1, -0.05) is 194 Å². The summed E-state index contributed by atoms with van der Waals surface area (Å²) >= 11 is 0. The fourth-order valence-electron chi connectivity index (χ4n) is 8.64. The number of hydrogen-bond acceptors (Lipinski definition) is 2. The van der Waals surface area contributed by atoms with E-state index in [1.54, 1.807) is 0 Å². The van der Waals surface area contributed by atoms with Gasteiger partial charge < -0.3 is 9.32 Å². The summed E-state index contributed by atoms with van der Waals surface area (Å²) < 4.78 is 6.22. The normalized spacial score (nSPS) is 11.2. The van der Waals surface area contributed by atoms with E-state index in [1.807, 2.05) is 18.2 Å². The summed E-state index contributed by atoms with van der Waals surface area (Å²) in [6.45, 7) is 0. The number of anilines is 3. The Hall–Kier alpha value is -8.20. The summed E-state index contributed by atoms with van der Waals surface area (Å²) in [7, 11) is 0. The van der Waals surface area contributed by atoms with Crippen molar-refractivity contribution in [2.75, 3.05) is 4.90 Å². The van der Waals surface area contributed by atoms with Crippen LogP contribution in [0.2, 0.25) is 0 Å². The molecule has 11 aromatic rings. The predicted molar refractivity (Wildman–Crippen MR) is 261 cm³/mol. The molecule has 2 nitrogen and oxygen atoms in total. The summed E-state index contributed by atoms with van der Waals surface area (Å²) in [5.41, 5.74) is 17.1. The highest BCUT2D eigenvalue weighted by Gasteiger charge is 2.15. The van der Waals surface area contributed by atoms with Gasteiger partial charge in [-0.2, -0.15) is 0 Å². The van der Waals surface area contributed by atoms with Crippen molar-refractivity contribution in [2.24, 2.45) is 0 Å². The molecular formula is C60H41NO. The lowest BCUT2D eigenvalue weighted by Gasteiger charge is -2.26. The van der Waals surface area contributed by atoms with Crippen LogP contribution in [0, 0.1) is 0 Å². The van der Waals surface area contributed by atoms with Crippen LogP contribution in [-0.4, -0.2) is 0 Å². The first-order valence-electron chi connectivity index (χ1n) is 21.1. The van der Waals surface area contributed by atoms with Crippen LogP contribution in [0.15, 0.2) is 253 Å². The molecule has 1 aromatic heterocycles. The fraction of sp³-hybridized carbons (Fsp3) is 0. The molecule has 11 rings (SSSR count). The molecule has 10 aromatic carbocycles. The lowest BCUT2D eigenvalue weighted by Crippen LogP contribution is -2.09. The molecule has 0 radical (unpaired) electrons. The minimum atomic E-state index is 0.871. The Morgan fingerprint density at radius 1 is 0.258 bits per heavy atom. The van der Waals surface area contributed by atoms with Gasteiger partial charge in [0.05, 0.1) is 0 Å². The van der Waals surface area contributed by atoms with Crippen LogP contribution in [-0.2, 0) is 0 Å². The zero-order chi connectivity index (χ0) is 41.2. The number of rotatable bonds is 9. The Labute approximate surface area is 362 Å². The third-order valence-corrected chi connectivity index (χ3v) is 11.9. The van der Waals surface area contributed by atoms with E-state index < -0.39 is 0 Å². The van der Waals surface area contributed by atoms with Crippen LogP contribution in [0.3, 0.4) is 0 Å². The maximum atomic E-state index is 6.22. The third-order valence-electron chi connectivity index (χ3n) is 11.9. The molecule has 0 N–H and O–H groups in total. The van der Waals surface area contributed by atoms with Gasteiger partial charge in [0.15, 0.2) is 0 Å². The number of para-hydroxylation sites is 1. The Kier molecular flexibility index (Phi) is 9.57. The van der Waals surface area contributed by atoms with Crippen LogP contribution in [0.1, 0.15) is 0 Å². The topological polar surface area (TPSA) is 16.4 Å². The molecule has 0 aliphatic heterocycles. The minimum Gasteiger partial charge on any atom is -0.456 e. The van der Waals surface area contributed by atoms with Gasteiger partial charge in [0.2, 0.25) is 0 Å². The second-order valence-corrected chi connectivity index (χ2v) is 15.8. The van der Waals surface area contributed by atoms with Crippen molar-refractivity contribution in [3.05, 3.63) is 249 Å². The van der Waals surface area contributed by atoms with Gasteiger partial charge in [-0.05, 0) is 121 Å². The third kappa shape index (κ3) is 7.25. The first-order chi connectivity index (χ1) is 30.7. The number of fused-ring (bicyclic) bond motifs is 2. The SMILES string of the molecule is c1ccc(-c2ccc(-c3ccc(N(c4ccc(-c5ccc(-c6cccc7ccccc67)cc5)cc4)c4ccc(-c5cccc(-c6cc7ccccc7o6)c5)cc4)cc3)cc2)cc1. The van der Waals surface area contributed by atoms with E-state index in [0.717, 1.165) is 50.5 Å². The van der Waals surface area contributed by atoms with E-state index in [4.69, 9.17) is 4.42 Å². The van der Waals surface area contributed by atoms with Crippen molar-refractivity contribution >= 4 is 38.8 Å². The van der Waals surface area contributed by atoms with Crippen molar-refractivity contribution in [1.82, 2.24) is 0 Å². The molecule has 1 heterocycles. The number of benzene rings is 10. The predicted octanol–water partition coefficient (Wildman–Crippen LogP) is 17.1. The molecule has 62 heavy (non-hydrogen) atoms. The molecule has 0 atom stereocenters. The average molecular weight is 792 g/mol. The number of nitrogens with zero attached hydrogens (tertiary/aromatic N) is 1. The second-order valence-electron chi connectivity index (χ2n) is 15.8. The smallest absolute Gasteiger partial charge is 0.135 e. The van der Waals surface area contributed by atoms with E-state index in [-0.39, 0.29) is 0 Å². The summed E-state index contributed by atoms with van der Waals surface area (Å²) in [6, 6.07) is 89.0. The van der Waals surface area contributed by atoms with Gasteiger partial charge in [-0.15, -0.1) is 0 Å². The lowest BCUT2D eigenvalue weighted by molar-refractivity contribution is 0.631. The highest BCUT2D eigenvalue weighted by molar-refractivity contribution is 5.97. The molecule has 0 fully saturated rings. The van der Waals surface area contributed by atoms with Crippen LogP contribution >= 0.6 is 0 Å². The van der Waals surface area contributed by atoms with Gasteiger partial charge >= 0.3 is 0 Å². The monoisotopic (exact) mass is 791 g/mol. The first-order valence-corrected chi connectivity index (χ1v) is 21.1. The molecule has 0 saturated heterocycles. The second kappa shape index (κ2) is 16.1. The zero-order valence-corrected chi connectivity index (χ0v) is 34.0. The van der Waals surface area contributed by atoms with Crippen LogP contribution in [0.25, 0.3) is 88.7 Å². The highest BCUT2D eigenvalue weighted by atomic mass is 16.3.